The number of ether oxygens (including phenoxy) is 3. The van der Waals surface area contributed by atoms with E-state index in [-0.39, 0.29) is 38.6 Å². The average Bonchev–Trinajstić information content (AvgIpc) is 2.65. The molecule has 2 aliphatic heterocycles. The minimum atomic E-state index is -4.88. The van der Waals surface area contributed by atoms with Crippen molar-refractivity contribution in [2.75, 3.05) is 26.3 Å². The van der Waals surface area contributed by atoms with Gasteiger partial charge in [-0.25, -0.2) is 4.79 Å². The van der Waals surface area contributed by atoms with Crippen molar-refractivity contribution in [1.29, 1.82) is 0 Å². The Morgan fingerprint density at radius 2 is 1.89 bits per heavy atom. The molecule has 27 heavy (non-hydrogen) atoms. The number of likely N-dealkylation sites (tertiary alicyclic amines) is 1. The van der Waals surface area contributed by atoms with Crippen molar-refractivity contribution in [3.63, 3.8) is 0 Å². The number of nitrogens with zero attached hydrogens (tertiary/aromatic N) is 2. The Morgan fingerprint density at radius 1 is 1.22 bits per heavy atom. The fourth-order valence-electron chi connectivity index (χ4n) is 2.82. The van der Waals surface area contributed by atoms with E-state index in [1.807, 2.05) is 0 Å². The Bertz CT molecular complexity index is 705. The average molecular weight is 389 g/mol. The van der Waals surface area contributed by atoms with Gasteiger partial charge in [-0.15, -0.1) is 0 Å². The van der Waals surface area contributed by atoms with Crippen molar-refractivity contribution >= 4 is 12.0 Å². The van der Waals surface area contributed by atoms with Crippen LogP contribution in [0, 0.1) is 0 Å². The number of alkyl halides is 3. The van der Waals surface area contributed by atoms with Crippen LogP contribution in [0.3, 0.4) is 0 Å². The summed E-state index contributed by atoms with van der Waals surface area (Å²) in [5, 5.41) is 2.59. The molecule has 1 aromatic heterocycles. The number of halogens is 3. The van der Waals surface area contributed by atoms with Gasteiger partial charge in [-0.3, -0.25) is 9.78 Å². The summed E-state index contributed by atoms with van der Waals surface area (Å²) in [5.74, 6) is -0.806. The fraction of sp³-hybridized carbons (Fsp3) is 0.562. The molecule has 0 bridgehead atoms. The number of amides is 2. The normalized spacial score (nSPS) is 17.4. The topological polar surface area (TPSA) is 90.0 Å². The third-order valence-electron chi connectivity index (χ3n) is 4.18. The Labute approximate surface area is 152 Å². The number of piperidine rings is 1. The quantitative estimate of drug-likeness (QED) is 0.845. The highest BCUT2D eigenvalue weighted by Crippen LogP contribution is 2.29. The lowest BCUT2D eigenvalue weighted by atomic mass is 10.1. The molecule has 1 fully saturated rings. The minimum Gasteiger partial charge on any atom is -0.486 e. The summed E-state index contributed by atoms with van der Waals surface area (Å²) in [7, 11) is 0. The molecule has 11 heteroatoms. The highest BCUT2D eigenvalue weighted by atomic mass is 19.4. The molecule has 0 aromatic carbocycles. The molecule has 0 aliphatic carbocycles. The number of carbonyl (C=O) groups excluding carboxylic acids is 2. The second kappa shape index (κ2) is 7.89. The predicted molar refractivity (Wildman–Crippen MR) is 84.2 cm³/mol. The lowest BCUT2D eigenvalue weighted by molar-refractivity contribution is -0.186. The van der Waals surface area contributed by atoms with E-state index in [1.165, 1.54) is 6.20 Å². The molecule has 1 N–H and O–H groups in total. The summed E-state index contributed by atoms with van der Waals surface area (Å²) < 4.78 is 53.1. The standard InChI is InChI=1S/C16H18F3N3O5/c17-16(18,19)14(23)22-3-1-10(2-4-22)21-15(24)27-9-11-7-12-13(8-20-11)26-6-5-25-12/h7-8,10H,1-6,9H2,(H,21,24). The lowest BCUT2D eigenvalue weighted by Crippen LogP contribution is -2.50. The molecule has 0 saturated carbocycles. The minimum absolute atomic E-state index is 0.0764. The second-order valence-corrected chi connectivity index (χ2v) is 6.10. The van der Waals surface area contributed by atoms with Crippen LogP contribution in [0.25, 0.3) is 0 Å². The first-order valence-electron chi connectivity index (χ1n) is 8.37. The third kappa shape index (κ3) is 4.92. The van der Waals surface area contributed by atoms with Crippen LogP contribution in [-0.4, -0.2) is 60.4 Å². The monoisotopic (exact) mass is 389 g/mol. The van der Waals surface area contributed by atoms with Gasteiger partial charge in [0.1, 0.15) is 19.8 Å². The molecular weight excluding hydrogens is 371 g/mol. The second-order valence-electron chi connectivity index (χ2n) is 6.10. The highest BCUT2D eigenvalue weighted by molar-refractivity contribution is 5.82. The summed E-state index contributed by atoms with van der Waals surface area (Å²) in [4.78, 5) is 27.9. The van der Waals surface area contributed by atoms with Crippen LogP contribution in [0.5, 0.6) is 11.5 Å². The Morgan fingerprint density at radius 3 is 2.56 bits per heavy atom. The lowest BCUT2D eigenvalue weighted by Gasteiger charge is -2.32. The van der Waals surface area contributed by atoms with Gasteiger partial charge in [-0.2, -0.15) is 13.2 Å². The van der Waals surface area contributed by atoms with Crippen LogP contribution < -0.4 is 14.8 Å². The van der Waals surface area contributed by atoms with Crippen molar-refractivity contribution in [3.8, 4) is 11.5 Å². The van der Waals surface area contributed by atoms with E-state index < -0.39 is 18.2 Å². The number of hydrogen-bond donors (Lipinski definition) is 1. The molecule has 0 atom stereocenters. The Hall–Kier alpha value is -2.72. The maximum absolute atomic E-state index is 12.4. The maximum Gasteiger partial charge on any atom is 0.471 e. The van der Waals surface area contributed by atoms with Gasteiger partial charge in [0.15, 0.2) is 11.5 Å². The number of nitrogens with one attached hydrogen (secondary N) is 1. The zero-order valence-corrected chi connectivity index (χ0v) is 14.3. The van der Waals surface area contributed by atoms with E-state index in [0.717, 1.165) is 4.90 Å². The molecule has 148 valence electrons. The first kappa shape index (κ1) is 19.1. The summed E-state index contributed by atoms with van der Waals surface area (Å²) in [6.45, 7) is 0.627. The van der Waals surface area contributed by atoms with Gasteiger partial charge in [0.2, 0.25) is 0 Å². The summed E-state index contributed by atoms with van der Waals surface area (Å²) in [6, 6.07) is 1.26. The molecule has 0 radical (unpaired) electrons. The highest BCUT2D eigenvalue weighted by Gasteiger charge is 2.43. The van der Waals surface area contributed by atoms with Gasteiger partial charge in [-0.1, -0.05) is 0 Å². The van der Waals surface area contributed by atoms with E-state index >= 15 is 0 Å². The van der Waals surface area contributed by atoms with E-state index in [9.17, 15) is 22.8 Å². The third-order valence-corrected chi connectivity index (χ3v) is 4.18. The van der Waals surface area contributed by atoms with E-state index in [1.54, 1.807) is 6.07 Å². The number of carbonyl (C=O) groups is 2. The number of pyridine rings is 1. The van der Waals surface area contributed by atoms with Crippen molar-refractivity contribution in [3.05, 3.63) is 18.0 Å². The molecule has 2 aliphatic rings. The number of fused-ring (bicyclic) bond motifs is 1. The van der Waals surface area contributed by atoms with Crippen molar-refractivity contribution in [2.45, 2.75) is 31.7 Å². The Balaban J connectivity index is 1.42. The van der Waals surface area contributed by atoms with Gasteiger partial charge >= 0.3 is 18.2 Å². The SMILES string of the molecule is O=C(NC1CCN(C(=O)C(F)(F)F)CC1)OCc1cc2c(cn1)OCCO2. The molecule has 0 unspecified atom stereocenters. The van der Waals surface area contributed by atoms with Crippen molar-refractivity contribution in [2.24, 2.45) is 0 Å². The first-order chi connectivity index (χ1) is 12.8. The molecule has 1 saturated heterocycles. The molecule has 0 spiro atoms. The van der Waals surface area contributed by atoms with Crippen LogP contribution in [0.1, 0.15) is 18.5 Å². The zero-order chi connectivity index (χ0) is 19.4. The van der Waals surface area contributed by atoms with Gasteiger partial charge in [0.25, 0.3) is 0 Å². The molecule has 3 rings (SSSR count). The number of rotatable bonds is 3. The predicted octanol–water partition coefficient (Wildman–Crippen LogP) is 1.63. The van der Waals surface area contributed by atoms with Crippen LogP contribution in [0.15, 0.2) is 12.3 Å². The van der Waals surface area contributed by atoms with E-state index in [0.29, 0.717) is 30.4 Å². The first-order valence-corrected chi connectivity index (χ1v) is 8.37. The molecule has 2 amide bonds. The molecule has 3 heterocycles. The van der Waals surface area contributed by atoms with Gasteiger partial charge < -0.3 is 24.4 Å². The number of hydrogen-bond acceptors (Lipinski definition) is 6. The fourth-order valence-corrected chi connectivity index (χ4v) is 2.82. The summed E-state index contributed by atoms with van der Waals surface area (Å²) in [6.07, 6.45) is -3.65. The number of aromatic nitrogens is 1. The Kier molecular flexibility index (Phi) is 5.57. The van der Waals surface area contributed by atoms with Crippen molar-refractivity contribution < 1.29 is 37.0 Å². The van der Waals surface area contributed by atoms with Gasteiger partial charge in [0.05, 0.1) is 11.9 Å². The summed E-state index contributed by atoms with van der Waals surface area (Å²) in [5.41, 5.74) is 0.472. The van der Waals surface area contributed by atoms with E-state index in [4.69, 9.17) is 14.2 Å². The number of alkyl carbamates (subject to hydrolysis) is 1. The smallest absolute Gasteiger partial charge is 0.471 e. The maximum atomic E-state index is 12.4. The van der Waals surface area contributed by atoms with Crippen LogP contribution in [0.4, 0.5) is 18.0 Å². The largest absolute Gasteiger partial charge is 0.486 e. The van der Waals surface area contributed by atoms with E-state index in [2.05, 4.69) is 10.3 Å². The molecule has 8 nitrogen and oxygen atoms in total. The molecular formula is C16H18F3N3O5. The van der Waals surface area contributed by atoms with Crippen molar-refractivity contribution in [1.82, 2.24) is 15.2 Å². The zero-order valence-electron chi connectivity index (χ0n) is 14.3. The van der Waals surface area contributed by atoms with Gasteiger partial charge in [-0.05, 0) is 12.8 Å². The molecule has 1 aromatic rings. The van der Waals surface area contributed by atoms with Crippen LogP contribution in [0.2, 0.25) is 0 Å². The van der Waals surface area contributed by atoms with Crippen LogP contribution in [-0.2, 0) is 16.1 Å². The van der Waals surface area contributed by atoms with Crippen LogP contribution >= 0.6 is 0 Å². The van der Waals surface area contributed by atoms with Gasteiger partial charge in [0, 0.05) is 25.2 Å². The summed E-state index contributed by atoms with van der Waals surface area (Å²) >= 11 is 0.